The molecule has 1 unspecified atom stereocenters. The summed E-state index contributed by atoms with van der Waals surface area (Å²) in [6.07, 6.45) is 3.23. The number of thioether (sulfide) groups is 1. The Morgan fingerprint density at radius 3 is 2.42 bits per heavy atom. The number of nitrogens with one attached hydrogen (secondary N) is 2. The van der Waals surface area contributed by atoms with Crippen molar-refractivity contribution in [3.05, 3.63) is 34.7 Å². The zero-order valence-corrected chi connectivity index (χ0v) is 16.3. The number of aliphatic carboxylic acids is 1. The first-order valence-electron chi connectivity index (χ1n) is 7.89. The molecule has 1 aromatic heterocycles. The minimum absolute atomic E-state index is 0.211. The molecule has 0 aliphatic carbocycles. The number of imidazole rings is 1. The zero-order chi connectivity index (χ0) is 19.9. The number of hydrogen-bond donors (Lipinski definition) is 3. The minimum atomic E-state index is -1.29. The predicted molar refractivity (Wildman–Crippen MR) is 103 cm³/mol. The van der Waals surface area contributed by atoms with Gasteiger partial charge in [0.25, 0.3) is 0 Å². The smallest absolute Gasteiger partial charge is 0.408 e. The van der Waals surface area contributed by atoms with Crippen molar-refractivity contribution in [2.45, 2.75) is 39.0 Å². The number of carboxylic acids is 1. The maximum Gasteiger partial charge on any atom is 0.408 e. The first kappa shape index (κ1) is 21.6. The summed E-state index contributed by atoms with van der Waals surface area (Å²) in [5, 5.41) is 11.6. The Hall–Kier alpha value is -2.42. The van der Waals surface area contributed by atoms with Gasteiger partial charge in [-0.3, -0.25) is 4.57 Å². The Bertz CT molecular complexity index is 807. The van der Waals surface area contributed by atoms with Gasteiger partial charge in [-0.15, -0.1) is 0 Å². The summed E-state index contributed by atoms with van der Waals surface area (Å²) >= 11 is 1.75. The van der Waals surface area contributed by atoms with Gasteiger partial charge in [-0.1, -0.05) is 12.1 Å². The lowest BCUT2D eigenvalue weighted by Gasteiger charge is -2.22. The van der Waals surface area contributed by atoms with Gasteiger partial charge in [0.05, 0.1) is 17.6 Å². The van der Waals surface area contributed by atoms with Gasteiger partial charge in [-0.2, -0.15) is 11.8 Å². The van der Waals surface area contributed by atoms with E-state index >= 15 is 0 Å². The van der Waals surface area contributed by atoms with Crippen molar-refractivity contribution in [2.24, 2.45) is 0 Å². The molecule has 144 valence electrons. The summed E-state index contributed by atoms with van der Waals surface area (Å²) in [5.41, 5.74) is -0.0258. The molecule has 0 radical (unpaired) electrons. The van der Waals surface area contributed by atoms with Gasteiger partial charge in [0.2, 0.25) is 0 Å². The quantitative estimate of drug-likeness (QED) is 0.746. The van der Waals surface area contributed by atoms with Crippen molar-refractivity contribution in [3.63, 3.8) is 0 Å². The normalized spacial score (nSPS) is 12.0. The van der Waals surface area contributed by atoms with Crippen LogP contribution in [0, 0.1) is 0 Å². The van der Waals surface area contributed by atoms with E-state index in [0.29, 0.717) is 11.0 Å². The number of para-hydroxylation sites is 2. The van der Waals surface area contributed by atoms with Crippen molar-refractivity contribution in [1.29, 1.82) is 0 Å². The second-order valence-electron chi connectivity index (χ2n) is 6.50. The lowest BCUT2D eigenvalue weighted by atomic mass is 10.2. The average molecular weight is 383 g/mol. The third kappa shape index (κ3) is 6.47. The van der Waals surface area contributed by atoms with Crippen LogP contribution in [-0.4, -0.2) is 50.9 Å². The summed E-state index contributed by atoms with van der Waals surface area (Å²) in [5.74, 6) is -1.26. The van der Waals surface area contributed by atoms with Gasteiger partial charge in [-0.25, -0.2) is 14.4 Å². The number of aromatic nitrogens is 2. The van der Waals surface area contributed by atoms with E-state index in [4.69, 9.17) is 4.74 Å². The fourth-order valence-corrected chi connectivity index (χ4v) is 2.11. The second kappa shape index (κ2) is 9.33. The molecule has 3 N–H and O–H groups in total. The monoisotopic (exact) mass is 383 g/mol. The molecule has 8 nitrogen and oxygen atoms in total. The van der Waals surface area contributed by atoms with Crippen LogP contribution < -0.4 is 11.0 Å². The van der Waals surface area contributed by atoms with Crippen LogP contribution in [-0.2, 0) is 16.1 Å². The molecule has 9 heteroatoms. The number of carbonyl (C=O) groups excluding carboxylic acids is 1. The number of nitrogens with zero attached hydrogens (tertiary/aromatic N) is 1. The average Bonchev–Trinajstić information content (AvgIpc) is 2.81. The Morgan fingerprint density at radius 1 is 1.31 bits per heavy atom. The highest BCUT2D eigenvalue weighted by Gasteiger charge is 2.25. The van der Waals surface area contributed by atoms with Gasteiger partial charge >= 0.3 is 17.8 Å². The van der Waals surface area contributed by atoms with Crippen LogP contribution in [0.1, 0.15) is 20.8 Å². The summed E-state index contributed by atoms with van der Waals surface area (Å²) in [4.78, 5) is 37.8. The maximum atomic E-state index is 12.0. The molecule has 2 rings (SSSR count). The molecule has 26 heavy (non-hydrogen) atoms. The van der Waals surface area contributed by atoms with Crippen molar-refractivity contribution in [1.82, 2.24) is 14.9 Å². The number of fused-ring (bicyclic) bond motifs is 1. The van der Waals surface area contributed by atoms with E-state index in [1.54, 1.807) is 56.8 Å². The lowest BCUT2D eigenvalue weighted by molar-refractivity contribution is -0.139. The summed E-state index contributed by atoms with van der Waals surface area (Å²) in [6, 6.07) is 5.62. The van der Waals surface area contributed by atoms with Crippen LogP contribution in [0.3, 0.4) is 0 Å². The van der Waals surface area contributed by atoms with Crippen molar-refractivity contribution >= 4 is 34.9 Å². The molecule has 1 atom stereocenters. The van der Waals surface area contributed by atoms with Crippen LogP contribution >= 0.6 is 11.8 Å². The molecule has 1 amide bonds. The lowest BCUT2D eigenvalue weighted by Crippen LogP contribution is -2.46. The topological polar surface area (TPSA) is 113 Å². The summed E-state index contributed by atoms with van der Waals surface area (Å²) in [7, 11) is 0. The number of rotatable bonds is 4. The largest absolute Gasteiger partial charge is 0.480 e. The Balaban J connectivity index is 0.00000105. The van der Waals surface area contributed by atoms with E-state index in [1.807, 2.05) is 12.5 Å². The summed E-state index contributed by atoms with van der Waals surface area (Å²) in [6.45, 7) is 4.81. The number of amides is 1. The molecule has 1 heterocycles. The van der Waals surface area contributed by atoms with Crippen LogP contribution in [0.25, 0.3) is 11.0 Å². The highest BCUT2D eigenvalue weighted by molar-refractivity contribution is 7.97. The SMILES string of the molecule is CC(C)(C)OC(=O)NC(Cn1c(=O)[nH]c2ccccc21)C(=O)O.CSC. The Morgan fingerprint density at radius 2 is 1.88 bits per heavy atom. The third-order valence-electron chi connectivity index (χ3n) is 3.04. The van der Waals surface area contributed by atoms with Crippen LogP contribution in [0.2, 0.25) is 0 Å². The fraction of sp³-hybridized carbons (Fsp3) is 0.471. The molecule has 2 aromatic rings. The van der Waals surface area contributed by atoms with Gasteiger partial charge < -0.3 is 20.1 Å². The fourth-order valence-electron chi connectivity index (χ4n) is 2.11. The van der Waals surface area contributed by atoms with E-state index in [-0.39, 0.29) is 6.54 Å². The molecule has 0 fully saturated rings. The molecule has 0 bridgehead atoms. The number of hydrogen-bond acceptors (Lipinski definition) is 5. The van der Waals surface area contributed by atoms with Gasteiger partial charge in [0.1, 0.15) is 11.6 Å². The number of H-pyrrole nitrogens is 1. The van der Waals surface area contributed by atoms with Crippen molar-refractivity contribution < 1.29 is 19.4 Å². The third-order valence-corrected chi connectivity index (χ3v) is 3.04. The van der Waals surface area contributed by atoms with E-state index in [1.165, 1.54) is 4.57 Å². The zero-order valence-electron chi connectivity index (χ0n) is 15.5. The first-order valence-corrected chi connectivity index (χ1v) is 9.52. The van der Waals surface area contributed by atoms with E-state index < -0.39 is 29.4 Å². The molecule has 0 aliphatic heterocycles. The van der Waals surface area contributed by atoms with Crippen LogP contribution in [0.4, 0.5) is 4.79 Å². The molecular weight excluding hydrogens is 358 g/mol. The molecular formula is C17H25N3O5S. The van der Waals surface area contributed by atoms with Crippen molar-refractivity contribution in [3.8, 4) is 0 Å². The molecule has 0 saturated heterocycles. The van der Waals surface area contributed by atoms with E-state index in [0.717, 1.165) is 0 Å². The Labute approximate surface area is 155 Å². The standard InChI is InChI=1S/C15H19N3O5.C2H6S/c1-15(2,3)23-14(22)17-10(12(19)20)8-18-11-7-5-4-6-9(11)16-13(18)21;1-3-2/h4-7,10H,8H2,1-3H3,(H,16,21)(H,17,22)(H,19,20);1-2H3. The predicted octanol–water partition coefficient (Wildman–Crippen LogP) is 2.29. The number of carbonyl (C=O) groups is 2. The maximum absolute atomic E-state index is 12.0. The Kier molecular flexibility index (Phi) is 7.76. The van der Waals surface area contributed by atoms with Crippen LogP contribution in [0.5, 0.6) is 0 Å². The number of ether oxygens (including phenoxy) is 1. The second-order valence-corrected chi connectivity index (χ2v) is 7.32. The molecule has 0 aliphatic rings. The molecule has 1 aromatic carbocycles. The highest BCUT2D eigenvalue weighted by atomic mass is 32.2. The molecule has 0 spiro atoms. The first-order chi connectivity index (χ1) is 12.1. The van der Waals surface area contributed by atoms with Gasteiger partial charge in [-0.05, 0) is 45.4 Å². The number of benzene rings is 1. The number of aromatic amines is 1. The van der Waals surface area contributed by atoms with Gasteiger partial charge in [0, 0.05) is 0 Å². The number of carboxylic acid groups (broad SMARTS) is 1. The van der Waals surface area contributed by atoms with E-state index in [9.17, 15) is 19.5 Å². The van der Waals surface area contributed by atoms with Crippen molar-refractivity contribution in [2.75, 3.05) is 12.5 Å². The van der Waals surface area contributed by atoms with E-state index in [2.05, 4.69) is 10.3 Å². The number of alkyl carbamates (subject to hydrolysis) is 1. The van der Waals surface area contributed by atoms with Gasteiger partial charge in [0.15, 0.2) is 0 Å². The minimum Gasteiger partial charge on any atom is -0.480 e. The van der Waals surface area contributed by atoms with Crippen LogP contribution in [0.15, 0.2) is 29.1 Å². The molecule has 0 saturated carbocycles. The highest BCUT2D eigenvalue weighted by Crippen LogP contribution is 2.10. The summed E-state index contributed by atoms with van der Waals surface area (Å²) < 4.78 is 6.32.